The molecular formula is C31H30N2O3. The summed E-state index contributed by atoms with van der Waals surface area (Å²) in [5.41, 5.74) is 2.46. The number of hydrogen-bond donors (Lipinski definition) is 0. The van der Waals surface area contributed by atoms with Gasteiger partial charge in [-0.05, 0) is 97.5 Å². The van der Waals surface area contributed by atoms with Gasteiger partial charge < -0.3 is 14.2 Å². The predicted molar refractivity (Wildman–Crippen MR) is 143 cm³/mol. The minimum atomic E-state index is 0.610. The number of fused-ring (bicyclic) bond motifs is 1. The molecule has 1 saturated heterocycles. The summed E-state index contributed by atoms with van der Waals surface area (Å²) < 4.78 is 17.9. The Morgan fingerprint density at radius 1 is 0.833 bits per heavy atom. The third-order valence-electron chi connectivity index (χ3n) is 6.65. The molecule has 1 aliphatic rings. The smallest absolute Gasteiger partial charge is 0.143 e. The van der Waals surface area contributed by atoms with Crippen molar-refractivity contribution < 1.29 is 14.2 Å². The maximum Gasteiger partial charge on any atom is 0.143 e. The van der Waals surface area contributed by atoms with E-state index in [1.165, 1.54) is 32.4 Å². The summed E-state index contributed by atoms with van der Waals surface area (Å²) in [6.07, 6.45) is 3.92. The van der Waals surface area contributed by atoms with E-state index in [9.17, 15) is 5.26 Å². The topological polar surface area (TPSA) is 54.7 Å². The molecule has 0 saturated carbocycles. The lowest BCUT2D eigenvalue weighted by Crippen LogP contribution is -2.33. The Labute approximate surface area is 212 Å². The Bertz CT molecular complexity index is 1370. The Hall–Kier alpha value is -4.01. The molecule has 5 rings (SSSR count). The predicted octanol–water partition coefficient (Wildman–Crippen LogP) is 7.04. The van der Waals surface area contributed by atoms with Gasteiger partial charge >= 0.3 is 0 Å². The Kier molecular flexibility index (Phi) is 7.35. The lowest BCUT2D eigenvalue weighted by Gasteiger charge is -2.26. The van der Waals surface area contributed by atoms with Crippen LogP contribution in [0.25, 0.3) is 21.9 Å². The molecule has 4 aromatic rings. The highest BCUT2D eigenvalue weighted by atomic mass is 16.5. The molecule has 1 fully saturated rings. The monoisotopic (exact) mass is 478 g/mol. The first-order valence-electron chi connectivity index (χ1n) is 12.5. The van der Waals surface area contributed by atoms with Crippen molar-refractivity contribution >= 4 is 10.8 Å². The van der Waals surface area contributed by atoms with Crippen LogP contribution in [0.15, 0.2) is 78.9 Å². The zero-order valence-corrected chi connectivity index (χ0v) is 20.6. The van der Waals surface area contributed by atoms with Gasteiger partial charge in [0.05, 0.1) is 18.7 Å². The molecule has 0 atom stereocenters. The number of benzene rings is 4. The highest BCUT2D eigenvalue weighted by Gasteiger charge is 2.14. The van der Waals surface area contributed by atoms with Crippen molar-refractivity contribution in [3.8, 4) is 40.2 Å². The SMILES string of the molecule is COc1ccc2c(Oc3ccc(OCCN4CCCCC4)cc3)c(-c3cccc(C#N)c3)ccc2c1. The summed E-state index contributed by atoms with van der Waals surface area (Å²) >= 11 is 0. The van der Waals surface area contributed by atoms with Gasteiger partial charge in [0.2, 0.25) is 0 Å². The maximum absolute atomic E-state index is 9.39. The Morgan fingerprint density at radius 3 is 2.39 bits per heavy atom. The van der Waals surface area contributed by atoms with Crippen LogP contribution < -0.4 is 14.2 Å². The highest BCUT2D eigenvalue weighted by molar-refractivity contribution is 5.96. The molecule has 5 nitrogen and oxygen atoms in total. The normalized spacial score (nSPS) is 13.8. The van der Waals surface area contributed by atoms with Crippen molar-refractivity contribution in [2.45, 2.75) is 19.3 Å². The quantitative estimate of drug-likeness (QED) is 0.272. The van der Waals surface area contributed by atoms with Crippen molar-refractivity contribution in [2.75, 3.05) is 33.4 Å². The molecule has 36 heavy (non-hydrogen) atoms. The summed E-state index contributed by atoms with van der Waals surface area (Å²) in [6.45, 7) is 3.99. The third kappa shape index (κ3) is 5.45. The van der Waals surface area contributed by atoms with Crippen LogP contribution in [-0.4, -0.2) is 38.3 Å². The average molecular weight is 479 g/mol. The minimum absolute atomic E-state index is 0.610. The summed E-state index contributed by atoms with van der Waals surface area (Å²) in [4.78, 5) is 2.47. The summed E-state index contributed by atoms with van der Waals surface area (Å²) in [5.74, 6) is 3.09. The molecule has 1 aliphatic heterocycles. The standard InChI is InChI=1S/C31H30N2O3/c1-34-28-13-15-30-25(21-28)8-14-29(24-7-5-6-23(20-24)22-32)31(30)36-27-11-9-26(10-12-27)35-19-18-33-16-3-2-4-17-33/h5-15,20-21H,2-4,16-19H2,1H3. The molecule has 0 spiro atoms. The van der Waals surface area contributed by atoms with Gasteiger partial charge in [-0.3, -0.25) is 4.90 Å². The van der Waals surface area contributed by atoms with Gasteiger partial charge in [0.25, 0.3) is 0 Å². The fourth-order valence-electron chi connectivity index (χ4n) is 4.70. The van der Waals surface area contributed by atoms with E-state index in [1.54, 1.807) is 13.2 Å². The van der Waals surface area contributed by atoms with E-state index in [-0.39, 0.29) is 0 Å². The van der Waals surface area contributed by atoms with Crippen LogP contribution >= 0.6 is 0 Å². The number of nitriles is 1. The average Bonchev–Trinajstić information content (AvgIpc) is 2.94. The van der Waals surface area contributed by atoms with Crippen LogP contribution in [-0.2, 0) is 0 Å². The van der Waals surface area contributed by atoms with E-state index >= 15 is 0 Å². The molecule has 0 unspecified atom stereocenters. The van der Waals surface area contributed by atoms with Crippen molar-refractivity contribution in [1.29, 1.82) is 5.26 Å². The summed E-state index contributed by atoms with van der Waals surface area (Å²) in [6, 6.07) is 27.6. The first-order valence-corrected chi connectivity index (χ1v) is 12.5. The van der Waals surface area contributed by atoms with E-state index in [2.05, 4.69) is 17.0 Å². The molecule has 0 aromatic heterocycles. The van der Waals surface area contributed by atoms with E-state index in [0.717, 1.165) is 51.4 Å². The first-order chi connectivity index (χ1) is 17.7. The molecule has 0 amide bonds. The summed E-state index contributed by atoms with van der Waals surface area (Å²) in [7, 11) is 1.66. The van der Waals surface area contributed by atoms with Crippen LogP contribution in [0.2, 0.25) is 0 Å². The molecule has 0 radical (unpaired) electrons. The summed E-state index contributed by atoms with van der Waals surface area (Å²) in [5, 5.41) is 11.4. The van der Waals surface area contributed by atoms with Crippen molar-refractivity contribution in [2.24, 2.45) is 0 Å². The Balaban J connectivity index is 1.40. The molecule has 0 N–H and O–H groups in total. The molecule has 1 heterocycles. The number of rotatable bonds is 8. The van der Waals surface area contributed by atoms with Gasteiger partial charge in [-0.1, -0.05) is 24.6 Å². The van der Waals surface area contributed by atoms with Crippen molar-refractivity contribution in [3.63, 3.8) is 0 Å². The van der Waals surface area contributed by atoms with E-state index < -0.39 is 0 Å². The number of methoxy groups -OCH3 is 1. The maximum atomic E-state index is 9.39. The fraction of sp³-hybridized carbons (Fsp3) is 0.258. The second kappa shape index (κ2) is 11.2. The zero-order chi connectivity index (χ0) is 24.7. The third-order valence-corrected chi connectivity index (χ3v) is 6.65. The highest BCUT2D eigenvalue weighted by Crippen LogP contribution is 2.41. The van der Waals surface area contributed by atoms with Crippen LogP contribution in [0.1, 0.15) is 24.8 Å². The molecule has 5 heteroatoms. The van der Waals surface area contributed by atoms with Gasteiger partial charge in [-0.2, -0.15) is 5.26 Å². The van der Waals surface area contributed by atoms with Gasteiger partial charge in [0.1, 0.15) is 29.6 Å². The molecule has 0 aliphatic carbocycles. The number of piperidine rings is 1. The number of nitrogens with zero attached hydrogens (tertiary/aromatic N) is 2. The lowest BCUT2D eigenvalue weighted by atomic mass is 9.98. The van der Waals surface area contributed by atoms with Gasteiger partial charge in [-0.25, -0.2) is 0 Å². The number of likely N-dealkylation sites (tertiary alicyclic amines) is 1. The first kappa shape index (κ1) is 23.7. The molecule has 4 aromatic carbocycles. The lowest BCUT2D eigenvalue weighted by molar-refractivity contribution is 0.183. The van der Waals surface area contributed by atoms with E-state index in [4.69, 9.17) is 14.2 Å². The van der Waals surface area contributed by atoms with Crippen LogP contribution in [0, 0.1) is 11.3 Å². The minimum Gasteiger partial charge on any atom is -0.497 e. The van der Waals surface area contributed by atoms with Crippen molar-refractivity contribution in [1.82, 2.24) is 4.90 Å². The molecule has 0 bridgehead atoms. The molecule has 182 valence electrons. The van der Waals surface area contributed by atoms with E-state index in [0.29, 0.717) is 12.2 Å². The number of hydrogen-bond acceptors (Lipinski definition) is 5. The van der Waals surface area contributed by atoms with Crippen molar-refractivity contribution in [3.05, 3.63) is 84.4 Å². The van der Waals surface area contributed by atoms with Gasteiger partial charge in [0, 0.05) is 17.5 Å². The van der Waals surface area contributed by atoms with E-state index in [1.807, 2.05) is 66.7 Å². The fourth-order valence-corrected chi connectivity index (χ4v) is 4.70. The Morgan fingerprint density at radius 2 is 1.61 bits per heavy atom. The van der Waals surface area contributed by atoms with Crippen LogP contribution in [0.3, 0.4) is 0 Å². The zero-order valence-electron chi connectivity index (χ0n) is 20.6. The van der Waals surface area contributed by atoms with Gasteiger partial charge in [0.15, 0.2) is 0 Å². The largest absolute Gasteiger partial charge is 0.497 e. The van der Waals surface area contributed by atoms with Crippen LogP contribution in [0.5, 0.6) is 23.0 Å². The number of ether oxygens (including phenoxy) is 3. The second-order valence-electron chi connectivity index (χ2n) is 9.05. The molecular weight excluding hydrogens is 448 g/mol. The van der Waals surface area contributed by atoms with Crippen LogP contribution in [0.4, 0.5) is 0 Å². The second-order valence-corrected chi connectivity index (χ2v) is 9.05. The van der Waals surface area contributed by atoms with Gasteiger partial charge in [-0.15, -0.1) is 0 Å².